The van der Waals surface area contributed by atoms with E-state index < -0.39 is 0 Å². The lowest BCUT2D eigenvalue weighted by Gasteiger charge is -2.24. The Hall–Kier alpha value is -1.02. The third kappa shape index (κ3) is 3.47. The fraction of sp³-hybridized carbons (Fsp3) is 0.600. The molecule has 2 heteroatoms. The SMILES string of the molecule is CNCCCCN1CCCCc2ccccc21. The largest absolute Gasteiger partial charge is 0.371 e. The second kappa shape index (κ2) is 6.65. The van der Waals surface area contributed by atoms with E-state index >= 15 is 0 Å². The van der Waals surface area contributed by atoms with Crippen molar-refractivity contribution in [2.45, 2.75) is 32.1 Å². The van der Waals surface area contributed by atoms with Crippen molar-refractivity contribution in [3.8, 4) is 0 Å². The van der Waals surface area contributed by atoms with E-state index in [0.29, 0.717) is 0 Å². The highest BCUT2D eigenvalue weighted by Crippen LogP contribution is 2.26. The monoisotopic (exact) mass is 232 g/mol. The number of unbranched alkanes of at least 4 members (excludes halogenated alkanes) is 1. The standard InChI is InChI=1S/C15H24N2/c1-16-11-5-7-13-17-12-6-4-9-14-8-2-3-10-15(14)17/h2-3,8,10,16H,4-7,9,11-13H2,1H3. The van der Waals surface area contributed by atoms with Gasteiger partial charge in [-0.3, -0.25) is 0 Å². The molecule has 0 aromatic heterocycles. The number of aryl methyl sites for hydroxylation is 1. The molecule has 1 aliphatic rings. The zero-order valence-electron chi connectivity index (χ0n) is 10.9. The zero-order valence-corrected chi connectivity index (χ0v) is 10.9. The maximum Gasteiger partial charge on any atom is 0.0398 e. The molecule has 0 amide bonds. The summed E-state index contributed by atoms with van der Waals surface area (Å²) in [5.41, 5.74) is 3.02. The smallest absolute Gasteiger partial charge is 0.0398 e. The number of nitrogens with one attached hydrogen (secondary N) is 1. The lowest BCUT2D eigenvalue weighted by Crippen LogP contribution is -2.26. The normalized spacial score (nSPS) is 15.5. The maximum atomic E-state index is 3.22. The molecule has 1 aromatic rings. The molecule has 0 aliphatic carbocycles. The summed E-state index contributed by atoms with van der Waals surface area (Å²) in [6.07, 6.45) is 6.48. The van der Waals surface area contributed by atoms with E-state index in [0.717, 1.165) is 6.54 Å². The van der Waals surface area contributed by atoms with Gasteiger partial charge in [-0.15, -0.1) is 0 Å². The van der Waals surface area contributed by atoms with Crippen LogP contribution in [0.5, 0.6) is 0 Å². The number of benzene rings is 1. The van der Waals surface area contributed by atoms with Crippen LogP contribution in [0.2, 0.25) is 0 Å². The van der Waals surface area contributed by atoms with Crippen molar-refractivity contribution in [3.05, 3.63) is 29.8 Å². The molecule has 0 atom stereocenters. The highest BCUT2D eigenvalue weighted by Gasteiger charge is 2.13. The lowest BCUT2D eigenvalue weighted by molar-refractivity contribution is 0.641. The fourth-order valence-corrected chi connectivity index (χ4v) is 2.61. The summed E-state index contributed by atoms with van der Waals surface area (Å²) in [4.78, 5) is 2.58. The van der Waals surface area contributed by atoms with Gasteiger partial charge in [0.2, 0.25) is 0 Å². The molecule has 0 unspecified atom stereocenters. The Bertz CT molecular complexity index is 335. The molecule has 2 rings (SSSR count). The van der Waals surface area contributed by atoms with Crippen LogP contribution >= 0.6 is 0 Å². The summed E-state index contributed by atoms with van der Waals surface area (Å²) in [5, 5.41) is 3.22. The van der Waals surface area contributed by atoms with Crippen molar-refractivity contribution in [2.75, 3.05) is 31.6 Å². The molecule has 0 bridgehead atoms. The van der Waals surface area contributed by atoms with Gasteiger partial charge in [-0.25, -0.2) is 0 Å². The van der Waals surface area contributed by atoms with Crippen molar-refractivity contribution in [3.63, 3.8) is 0 Å². The molecule has 1 aromatic carbocycles. The number of hydrogen-bond acceptors (Lipinski definition) is 2. The van der Waals surface area contributed by atoms with Crippen molar-refractivity contribution in [1.82, 2.24) is 5.32 Å². The molecule has 0 fully saturated rings. The number of anilines is 1. The summed E-state index contributed by atoms with van der Waals surface area (Å²) in [6, 6.07) is 8.92. The Kier molecular flexibility index (Phi) is 4.87. The van der Waals surface area contributed by atoms with Gasteiger partial charge in [0, 0.05) is 18.8 Å². The van der Waals surface area contributed by atoms with Gasteiger partial charge in [-0.1, -0.05) is 18.2 Å². The second-order valence-electron chi connectivity index (χ2n) is 4.88. The van der Waals surface area contributed by atoms with E-state index in [-0.39, 0.29) is 0 Å². The molecule has 0 radical (unpaired) electrons. The van der Waals surface area contributed by atoms with E-state index in [1.807, 2.05) is 7.05 Å². The first-order valence-corrected chi connectivity index (χ1v) is 6.89. The minimum absolute atomic E-state index is 1.13. The van der Waals surface area contributed by atoms with Crippen LogP contribution in [0.25, 0.3) is 0 Å². The Balaban J connectivity index is 1.97. The van der Waals surface area contributed by atoms with E-state index in [9.17, 15) is 0 Å². The van der Waals surface area contributed by atoms with Crippen molar-refractivity contribution in [1.29, 1.82) is 0 Å². The maximum absolute atomic E-state index is 3.22. The van der Waals surface area contributed by atoms with Crippen LogP contribution < -0.4 is 10.2 Å². The third-order valence-corrected chi connectivity index (χ3v) is 3.56. The van der Waals surface area contributed by atoms with Crippen molar-refractivity contribution >= 4 is 5.69 Å². The first-order chi connectivity index (χ1) is 8.42. The molecular formula is C15H24N2. The zero-order chi connectivity index (χ0) is 11.9. The highest BCUT2D eigenvalue weighted by molar-refractivity contribution is 5.54. The predicted octanol–water partition coefficient (Wildman–Crippen LogP) is 2.83. The summed E-state index contributed by atoms with van der Waals surface area (Å²) in [5.74, 6) is 0. The van der Waals surface area contributed by atoms with Gasteiger partial charge in [0.15, 0.2) is 0 Å². The van der Waals surface area contributed by atoms with Gasteiger partial charge >= 0.3 is 0 Å². The van der Waals surface area contributed by atoms with Gasteiger partial charge in [0.1, 0.15) is 0 Å². The third-order valence-electron chi connectivity index (χ3n) is 3.56. The quantitative estimate of drug-likeness (QED) is 0.785. The van der Waals surface area contributed by atoms with E-state index in [2.05, 4.69) is 34.5 Å². The van der Waals surface area contributed by atoms with Crippen LogP contribution in [0.4, 0.5) is 5.69 Å². The Morgan fingerprint density at radius 1 is 1.18 bits per heavy atom. The summed E-state index contributed by atoms with van der Waals surface area (Å²) < 4.78 is 0. The summed E-state index contributed by atoms with van der Waals surface area (Å²) >= 11 is 0. The molecule has 1 N–H and O–H groups in total. The molecule has 17 heavy (non-hydrogen) atoms. The molecule has 0 saturated heterocycles. The van der Waals surface area contributed by atoms with Gasteiger partial charge in [0.05, 0.1) is 0 Å². The first-order valence-electron chi connectivity index (χ1n) is 6.89. The number of para-hydroxylation sites is 1. The molecule has 1 aliphatic heterocycles. The van der Waals surface area contributed by atoms with Crippen LogP contribution in [0.15, 0.2) is 24.3 Å². The number of hydrogen-bond donors (Lipinski definition) is 1. The van der Waals surface area contributed by atoms with Crippen molar-refractivity contribution < 1.29 is 0 Å². The Morgan fingerprint density at radius 3 is 2.94 bits per heavy atom. The van der Waals surface area contributed by atoms with Gasteiger partial charge in [0.25, 0.3) is 0 Å². The van der Waals surface area contributed by atoms with Crippen LogP contribution in [0.3, 0.4) is 0 Å². The van der Waals surface area contributed by atoms with Gasteiger partial charge in [-0.05, 0) is 57.3 Å². The van der Waals surface area contributed by atoms with E-state index in [1.54, 1.807) is 5.56 Å². The van der Waals surface area contributed by atoms with Gasteiger partial charge in [-0.2, -0.15) is 0 Å². The molecule has 1 heterocycles. The average Bonchev–Trinajstić information content (AvgIpc) is 2.57. The minimum atomic E-state index is 1.13. The Labute approximate surface area is 105 Å². The van der Waals surface area contributed by atoms with Crippen LogP contribution in [-0.2, 0) is 6.42 Å². The van der Waals surface area contributed by atoms with Crippen LogP contribution in [-0.4, -0.2) is 26.7 Å². The van der Waals surface area contributed by atoms with Crippen molar-refractivity contribution in [2.24, 2.45) is 0 Å². The minimum Gasteiger partial charge on any atom is -0.371 e. The van der Waals surface area contributed by atoms with E-state index in [1.165, 1.54) is 50.9 Å². The fourth-order valence-electron chi connectivity index (χ4n) is 2.61. The molecule has 0 saturated carbocycles. The molecule has 94 valence electrons. The Morgan fingerprint density at radius 2 is 2.06 bits per heavy atom. The van der Waals surface area contributed by atoms with Crippen LogP contribution in [0, 0.1) is 0 Å². The van der Waals surface area contributed by atoms with Gasteiger partial charge < -0.3 is 10.2 Å². The lowest BCUT2D eigenvalue weighted by atomic mass is 10.1. The number of fused-ring (bicyclic) bond motifs is 1. The second-order valence-corrected chi connectivity index (χ2v) is 4.88. The molecular weight excluding hydrogens is 208 g/mol. The number of nitrogens with zero attached hydrogens (tertiary/aromatic N) is 1. The van der Waals surface area contributed by atoms with Crippen LogP contribution in [0.1, 0.15) is 31.2 Å². The topological polar surface area (TPSA) is 15.3 Å². The van der Waals surface area contributed by atoms with E-state index in [4.69, 9.17) is 0 Å². The summed E-state index contributed by atoms with van der Waals surface area (Å²) in [7, 11) is 2.03. The number of rotatable bonds is 5. The first kappa shape index (κ1) is 12.4. The average molecular weight is 232 g/mol. The molecule has 0 spiro atoms. The molecule has 2 nitrogen and oxygen atoms in total. The highest BCUT2D eigenvalue weighted by atomic mass is 15.1. The predicted molar refractivity (Wildman–Crippen MR) is 74.8 cm³/mol. The summed E-state index contributed by atoms with van der Waals surface area (Å²) in [6.45, 7) is 3.57.